The quantitative estimate of drug-likeness (QED) is 0.197. The third kappa shape index (κ3) is 4.36. The van der Waals surface area contributed by atoms with Gasteiger partial charge in [0.2, 0.25) is 0 Å². The van der Waals surface area contributed by atoms with E-state index in [2.05, 4.69) is 110 Å². The van der Waals surface area contributed by atoms with Gasteiger partial charge >= 0.3 is 5.69 Å². The number of fused-ring (bicyclic) bond motifs is 11. The van der Waals surface area contributed by atoms with E-state index >= 15 is 0 Å². The molecule has 1 fully saturated rings. The van der Waals surface area contributed by atoms with Gasteiger partial charge in [-0.05, 0) is 100 Å². The molecule has 9 rings (SSSR count). The number of aromatic amines is 2. The summed E-state index contributed by atoms with van der Waals surface area (Å²) in [6.07, 6.45) is 7.77. The lowest BCUT2D eigenvalue weighted by molar-refractivity contribution is 0.0642. The maximum atomic E-state index is 12.7. The van der Waals surface area contributed by atoms with Gasteiger partial charge in [0.1, 0.15) is 17.2 Å². The van der Waals surface area contributed by atoms with E-state index in [1.165, 1.54) is 22.3 Å². The van der Waals surface area contributed by atoms with E-state index in [1.54, 1.807) is 14.2 Å². The van der Waals surface area contributed by atoms with Gasteiger partial charge in [0.15, 0.2) is 5.60 Å². The number of rotatable bonds is 4. The largest absolute Gasteiger partial charge is 0.497 e. The molecular formula is C44H42N2O4. The van der Waals surface area contributed by atoms with Gasteiger partial charge in [-0.15, -0.1) is 0 Å². The first kappa shape index (κ1) is 30.8. The lowest BCUT2D eigenvalue weighted by Crippen LogP contribution is -2.44. The summed E-state index contributed by atoms with van der Waals surface area (Å²) in [4.78, 5) is 18.7. The van der Waals surface area contributed by atoms with Crippen LogP contribution in [-0.2, 0) is 11.0 Å². The molecule has 50 heavy (non-hydrogen) atoms. The summed E-state index contributed by atoms with van der Waals surface area (Å²) in [6, 6.07) is 29.5. The highest BCUT2D eigenvalue weighted by atomic mass is 16.5. The molecule has 252 valence electrons. The van der Waals surface area contributed by atoms with Crippen LogP contribution in [0.15, 0.2) is 95.8 Å². The molecule has 5 aromatic carbocycles. The molecule has 6 heteroatoms. The number of ether oxygens (including phenoxy) is 3. The van der Waals surface area contributed by atoms with Crippen molar-refractivity contribution in [2.24, 2.45) is 10.8 Å². The molecule has 0 amide bonds. The molecule has 3 aliphatic rings. The number of nitrogens with one attached hydrogen (secondary N) is 2. The molecule has 0 atom stereocenters. The fourth-order valence-electron chi connectivity index (χ4n) is 10.3. The zero-order valence-corrected chi connectivity index (χ0v) is 29.5. The van der Waals surface area contributed by atoms with Crippen LogP contribution in [0, 0.1) is 10.8 Å². The number of benzene rings is 5. The van der Waals surface area contributed by atoms with Crippen LogP contribution in [0.2, 0.25) is 0 Å². The first-order valence-corrected chi connectivity index (χ1v) is 17.5. The second-order valence-corrected chi connectivity index (χ2v) is 16.1. The summed E-state index contributed by atoms with van der Waals surface area (Å²) in [6.45, 7) is 9.73. The lowest BCUT2D eigenvalue weighted by Gasteiger charge is -2.52. The van der Waals surface area contributed by atoms with Crippen molar-refractivity contribution in [3.63, 3.8) is 0 Å². The van der Waals surface area contributed by atoms with Gasteiger partial charge in [-0.25, -0.2) is 4.79 Å². The summed E-state index contributed by atoms with van der Waals surface area (Å²) in [5.74, 6) is 2.39. The Kier molecular flexibility index (Phi) is 6.40. The molecule has 2 N–H and O–H groups in total. The van der Waals surface area contributed by atoms with Gasteiger partial charge in [-0.3, -0.25) is 0 Å². The van der Waals surface area contributed by atoms with Crippen LogP contribution < -0.4 is 19.9 Å². The lowest BCUT2D eigenvalue weighted by atomic mass is 9.52. The first-order chi connectivity index (χ1) is 24.0. The van der Waals surface area contributed by atoms with Gasteiger partial charge in [-0.1, -0.05) is 82.3 Å². The van der Waals surface area contributed by atoms with Gasteiger partial charge < -0.3 is 24.2 Å². The number of aromatic nitrogens is 2. The Morgan fingerprint density at radius 2 is 1.26 bits per heavy atom. The molecule has 1 aliphatic heterocycles. The van der Waals surface area contributed by atoms with Crippen molar-refractivity contribution in [2.75, 3.05) is 14.2 Å². The summed E-state index contributed by atoms with van der Waals surface area (Å²) >= 11 is 0. The molecule has 6 aromatic rings. The molecule has 2 aliphatic carbocycles. The Labute approximate surface area is 292 Å². The highest BCUT2D eigenvalue weighted by molar-refractivity contribution is 6.12. The van der Waals surface area contributed by atoms with Crippen LogP contribution in [0.5, 0.6) is 17.2 Å². The van der Waals surface area contributed by atoms with E-state index in [9.17, 15) is 4.79 Å². The highest BCUT2D eigenvalue weighted by Crippen LogP contribution is 2.67. The zero-order valence-electron chi connectivity index (χ0n) is 29.5. The predicted molar refractivity (Wildman–Crippen MR) is 200 cm³/mol. The van der Waals surface area contributed by atoms with Crippen molar-refractivity contribution in [1.29, 1.82) is 0 Å². The Morgan fingerprint density at radius 3 is 1.84 bits per heavy atom. The number of H-pyrrole nitrogens is 2. The minimum atomic E-state index is -0.947. The Bertz CT molecular complexity index is 2360. The fourth-order valence-corrected chi connectivity index (χ4v) is 10.3. The maximum absolute atomic E-state index is 12.7. The standard InChI is InChI=1S/C44H42N2O4/c1-41(2)23-42(3,4)25-43(24-41)34-10-8-7-9-30(34)37-32-21-35-36(46-40(47)45-35)22-33(32)39-31(38(37)43)19-20-44(50-39,26-11-15-28(48-5)16-12-26)27-13-17-29(49-6)18-14-27/h7-22H,23-25H2,1-6H3,(H2,45,46,47). The van der Waals surface area contributed by atoms with Crippen molar-refractivity contribution in [3.05, 3.63) is 129 Å². The number of methoxy groups -OCH3 is 2. The van der Waals surface area contributed by atoms with E-state index in [0.29, 0.717) is 0 Å². The average Bonchev–Trinajstić information content (AvgIpc) is 3.59. The van der Waals surface area contributed by atoms with Crippen molar-refractivity contribution in [3.8, 4) is 28.4 Å². The molecule has 1 saturated carbocycles. The molecule has 0 bridgehead atoms. The molecule has 1 spiro atoms. The fraction of sp³-hybridized carbons (Fsp3) is 0.295. The van der Waals surface area contributed by atoms with Crippen molar-refractivity contribution >= 4 is 27.9 Å². The van der Waals surface area contributed by atoms with Crippen molar-refractivity contribution in [2.45, 2.75) is 58.0 Å². The van der Waals surface area contributed by atoms with Crippen molar-refractivity contribution < 1.29 is 14.2 Å². The Morgan fingerprint density at radius 1 is 0.700 bits per heavy atom. The van der Waals surface area contributed by atoms with E-state index < -0.39 is 5.60 Å². The second-order valence-electron chi connectivity index (χ2n) is 16.1. The number of hydrogen-bond acceptors (Lipinski definition) is 4. The highest BCUT2D eigenvalue weighted by Gasteiger charge is 2.55. The van der Waals surface area contributed by atoms with Crippen LogP contribution in [0.4, 0.5) is 0 Å². The van der Waals surface area contributed by atoms with Gasteiger partial charge in [-0.2, -0.15) is 0 Å². The van der Waals surface area contributed by atoms with E-state index in [4.69, 9.17) is 14.2 Å². The molecule has 0 radical (unpaired) electrons. The third-order valence-electron chi connectivity index (χ3n) is 11.4. The van der Waals surface area contributed by atoms with Crippen molar-refractivity contribution in [1.82, 2.24) is 9.97 Å². The van der Waals surface area contributed by atoms with Crippen LogP contribution in [0.3, 0.4) is 0 Å². The molecule has 1 aromatic heterocycles. The molecule has 6 nitrogen and oxygen atoms in total. The molecular weight excluding hydrogens is 620 g/mol. The van der Waals surface area contributed by atoms with Crippen LogP contribution >= 0.6 is 0 Å². The Balaban J connectivity index is 1.40. The summed E-state index contributed by atoms with van der Waals surface area (Å²) in [7, 11) is 3.37. The minimum Gasteiger partial charge on any atom is -0.497 e. The van der Waals surface area contributed by atoms with Crippen LogP contribution in [-0.4, -0.2) is 24.2 Å². The molecule has 0 saturated heterocycles. The zero-order chi connectivity index (χ0) is 34.6. The summed E-state index contributed by atoms with van der Waals surface area (Å²) < 4.78 is 18.7. The van der Waals surface area contributed by atoms with Gasteiger partial charge in [0.25, 0.3) is 0 Å². The molecule has 0 unspecified atom stereocenters. The minimum absolute atomic E-state index is 0.114. The van der Waals surface area contributed by atoms with E-state index in [0.717, 1.165) is 75.0 Å². The first-order valence-electron chi connectivity index (χ1n) is 17.5. The monoisotopic (exact) mass is 662 g/mol. The molecule has 2 heterocycles. The van der Waals surface area contributed by atoms with Crippen LogP contribution in [0.1, 0.15) is 74.8 Å². The maximum Gasteiger partial charge on any atom is 0.323 e. The predicted octanol–water partition coefficient (Wildman–Crippen LogP) is 9.88. The normalized spacial score (nSPS) is 18.8. The number of hydrogen-bond donors (Lipinski definition) is 2. The number of imidazole rings is 1. The summed E-state index contributed by atoms with van der Waals surface area (Å²) in [5, 5.41) is 2.05. The van der Waals surface area contributed by atoms with Gasteiger partial charge in [0.05, 0.1) is 25.3 Å². The Hall–Kier alpha value is -5.23. The SMILES string of the molecule is COc1ccc(C2(c3ccc(OC)cc3)C=Cc3c4c(c5cc6[nH]c(=O)[nH]c6cc5c3O2)-c2ccccc2C42CC(C)(C)CC(C)(C)C2)cc1. The van der Waals surface area contributed by atoms with E-state index in [-0.39, 0.29) is 21.9 Å². The topological polar surface area (TPSA) is 76.3 Å². The van der Waals surface area contributed by atoms with E-state index in [1.807, 2.05) is 24.3 Å². The second kappa shape index (κ2) is 10.4. The average molecular weight is 663 g/mol. The third-order valence-corrected chi connectivity index (χ3v) is 11.4. The van der Waals surface area contributed by atoms with Gasteiger partial charge in [0, 0.05) is 27.5 Å². The van der Waals surface area contributed by atoms with Crippen LogP contribution in [0.25, 0.3) is 39.0 Å². The summed E-state index contributed by atoms with van der Waals surface area (Å²) in [5.41, 5.74) is 8.72. The smallest absolute Gasteiger partial charge is 0.323 e.